The average molecular weight is 228 g/mol. The summed E-state index contributed by atoms with van der Waals surface area (Å²) in [6.45, 7) is 0. The van der Waals surface area contributed by atoms with E-state index >= 15 is 0 Å². The number of nitrogens with one attached hydrogen (secondary N) is 1. The van der Waals surface area contributed by atoms with E-state index in [-0.39, 0.29) is 0 Å². The number of hydrogen-bond acceptors (Lipinski definition) is 4. The fourth-order valence-corrected chi connectivity index (χ4v) is 1.16. The van der Waals surface area contributed by atoms with Gasteiger partial charge < -0.3 is 4.74 Å². The van der Waals surface area contributed by atoms with Gasteiger partial charge >= 0.3 is 0 Å². The van der Waals surface area contributed by atoms with Gasteiger partial charge in [-0.05, 0) is 17.7 Å². The summed E-state index contributed by atoms with van der Waals surface area (Å²) < 4.78 is 26.4. The maximum absolute atomic E-state index is 10.7. The minimum atomic E-state index is -3.29. The van der Waals surface area contributed by atoms with Gasteiger partial charge in [0.15, 0.2) is 0 Å². The maximum Gasteiger partial charge on any atom is 0.244 e. The monoisotopic (exact) mass is 228 g/mol. The van der Waals surface area contributed by atoms with Crippen molar-refractivity contribution in [1.82, 2.24) is 4.83 Å². The molecule has 1 rings (SSSR count). The standard InChI is InChI=1S/C9H12N2O3S/c1-14-9-5-3-4-8(6-9)7-10-11-15(2,12)13/h3-7,11H,1-2H3/b10-7+. The van der Waals surface area contributed by atoms with E-state index in [0.29, 0.717) is 5.75 Å². The predicted molar refractivity (Wildman–Crippen MR) is 58.6 cm³/mol. The SMILES string of the molecule is COc1cccc(/C=N/NS(C)(=O)=O)c1. The fraction of sp³-hybridized carbons (Fsp3) is 0.222. The summed E-state index contributed by atoms with van der Waals surface area (Å²) >= 11 is 0. The fourth-order valence-electron chi connectivity index (χ4n) is 0.918. The molecule has 0 aliphatic heterocycles. The first kappa shape index (κ1) is 11.5. The first-order valence-electron chi connectivity index (χ1n) is 4.15. The molecule has 1 aromatic rings. The van der Waals surface area contributed by atoms with Gasteiger partial charge in [-0.3, -0.25) is 0 Å². The van der Waals surface area contributed by atoms with Crippen LogP contribution in [0.5, 0.6) is 5.75 Å². The second-order valence-electron chi connectivity index (χ2n) is 2.90. The molecule has 0 unspecified atom stereocenters. The van der Waals surface area contributed by atoms with E-state index in [1.54, 1.807) is 31.4 Å². The van der Waals surface area contributed by atoms with Crippen molar-refractivity contribution < 1.29 is 13.2 Å². The zero-order chi connectivity index (χ0) is 11.3. The van der Waals surface area contributed by atoms with E-state index in [2.05, 4.69) is 5.10 Å². The molecule has 0 saturated heterocycles. The molecule has 1 N–H and O–H groups in total. The Labute approximate surface area is 88.8 Å². The van der Waals surface area contributed by atoms with Gasteiger partial charge in [0.25, 0.3) is 0 Å². The van der Waals surface area contributed by atoms with Crippen LogP contribution in [0.25, 0.3) is 0 Å². The van der Waals surface area contributed by atoms with Crippen LogP contribution in [-0.2, 0) is 10.0 Å². The normalized spacial score (nSPS) is 11.6. The number of sulfonamides is 1. The van der Waals surface area contributed by atoms with E-state index in [9.17, 15) is 8.42 Å². The van der Waals surface area contributed by atoms with Crippen LogP contribution in [0.3, 0.4) is 0 Å². The molecule has 0 aliphatic carbocycles. The molecule has 0 radical (unpaired) electrons. The van der Waals surface area contributed by atoms with Gasteiger partial charge in [-0.2, -0.15) is 5.10 Å². The zero-order valence-electron chi connectivity index (χ0n) is 8.47. The molecule has 1 aromatic carbocycles. The lowest BCUT2D eigenvalue weighted by molar-refractivity contribution is 0.415. The molecular weight excluding hydrogens is 216 g/mol. The predicted octanol–water partition coefficient (Wildman–Crippen LogP) is 0.578. The van der Waals surface area contributed by atoms with Crippen LogP contribution in [0.4, 0.5) is 0 Å². The van der Waals surface area contributed by atoms with Crippen molar-refractivity contribution in [2.24, 2.45) is 5.10 Å². The maximum atomic E-state index is 10.7. The lowest BCUT2D eigenvalue weighted by Gasteiger charge is -1.99. The van der Waals surface area contributed by atoms with Gasteiger partial charge in [-0.1, -0.05) is 12.1 Å². The highest BCUT2D eigenvalue weighted by Gasteiger charge is 1.95. The Kier molecular flexibility index (Phi) is 3.68. The van der Waals surface area contributed by atoms with Crippen LogP contribution in [0, 0.1) is 0 Å². The van der Waals surface area contributed by atoms with Crippen LogP contribution in [0.1, 0.15) is 5.56 Å². The summed E-state index contributed by atoms with van der Waals surface area (Å²) in [5.74, 6) is 0.693. The summed E-state index contributed by atoms with van der Waals surface area (Å²) in [5.41, 5.74) is 0.755. The van der Waals surface area contributed by atoms with Crippen molar-refractivity contribution in [2.75, 3.05) is 13.4 Å². The minimum Gasteiger partial charge on any atom is -0.497 e. The largest absolute Gasteiger partial charge is 0.497 e. The Morgan fingerprint density at radius 1 is 1.47 bits per heavy atom. The molecular formula is C9H12N2O3S. The number of hydrogen-bond donors (Lipinski definition) is 1. The molecule has 0 amide bonds. The Balaban J connectivity index is 2.72. The topological polar surface area (TPSA) is 67.8 Å². The van der Waals surface area contributed by atoms with E-state index in [1.165, 1.54) is 6.21 Å². The van der Waals surface area contributed by atoms with Gasteiger partial charge in [0.05, 0.1) is 19.6 Å². The Hall–Kier alpha value is -1.56. The molecule has 0 fully saturated rings. The lowest BCUT2D eigenvalue weighted by Crippen LogP contribution is -2.15. The van der Waals surface area contributed by atoms with E-state index in [1.807, 2.05) is 4.83 Å². The van der Waals surface area contributed by atoms with Gasteiger partial charge in [0.2, 0.25) is 10.0 Å². The number of rotatable bonds is 4. The summed E-state index contributed by atoms with van der Waals surface area (Å²) in [5, 5.41) is 3.57. The van der Waals surface area contributed by atoms with Crippen LogP contribution < -0.4 is 9.57 Å². The number of methoxy groups -OCH3 is 1. The van der Waals surface area contributed by atoms with Crippen LogP contribution in [0.2, 0.25) is 0 Å². The highest BCUT2D eigenvalue weighted by molar-refractivity contribution is 7.88. The van der Waals surface area contributed by atoms with Crippen molar-refractivity contribution in [2.45, 2.75) is 0 Å². The first-order valence-corrected chi connectivity index (χ1v) is 6.04. The second-order valence-corrected chi connectivity index (χ2v) is 4.63. The molecule has 0 spiro atoms. The van der Waals surface area contributed by atoms with Gasteiger partial charge in [-0.25, -0.2) is 13.2 Å². The van der Waals surface area contributed by atoms with Crippen LogP contribution in [0.15, 0.2) is 29.4 Å². The van der Waals surface area contributed by atoms with Crippen molar-refractivity contribution in [3.8, 4) is 5.75 Å². The minimum absolute atomic E-state index is 0.693. The summed E-state index contributed by atoms with van der Waals surface area (Å²) in [4.78, 5) is 2.01. The molecule has 6 heteroatoms. The molecule has 0 aliphatic rings. The van der Waals surface area contributed by atoms with Crippen molar-refractivity contribution in [3.05, 3.63) is 29.8 Å². The van der Waals surface area contributed by atoms with E-state index < -0.39 is 10.0 Å². The molecule has 82 valence electrons. The number of nitrogens with zero attached hydrogens (tertiary/aromatic N) is 1. The highest BCUT2D eigenvalue weighted by atomic mass is 32.2. The molecule has 0 bridgehead atoms. The molecule has 0 aromatic heterocycles. The quantitative estimate of drug-likeness (QED) is 0.605. The van der Waals surface area contributed by atoms with E-state index in [0.717, 1.165) is 11.8 Å². The Morgan fingerprint density at radius 3 is 2.80 bits per heavy atom. The summed E-state index contributed by atoms with van der Waals surface area (Å²) in [6, 6.07) is 7.12. The third-order valence-corrected chi connectivity index (χ3v) is 1.96. The van der Waals surface area contributed by atoms with Crippen molar-refractivity contribution >= 4 is 16.2 Å². The average Bonchev–Trinajstić information content (AvgIpc) is 2.16. The molecule has 0 heterocycles. The van der Waals surface area contributed by atoms with E-state index in [4.69, 9.17) is 4.74 Å². The smallest absolute Gasteiger partial charge is 0.244 e. The molecule has 0 saturated carbocycles. The highest BCUT2D eigenvalue weighted by Crippen LogP contribution is 2.10. The number of hydrazone groups is 1. The first-order chi connectivity index (χ1) is 7.01. The van der Waals surface area contributed by atoms with Gasteiger partial charge in [0.1, 0.15) is 5.75 Å². The number of ether oxygens (including phenoxy) is 1. The number of benzene rings is 1. The third-order valence-electron chi connectivity index (χ3n) is 1.53. The van der Waals surface area contributed by atoms with Gasteiger partial charge in [0, 0.05) is 0 Å². The van der Waals surface area contributed by atoms with Crippen LogP contribution >= 0.6 is 0 Å². The third kappa shape index (κ3) is 4.46. The lowest BCUT2D eigenvalue weighted by atomic mass is 10.2. The second kappa shape index (κ2) is 4.79. The summed E-state index contributed by atoms with van der Waals surface area (Å²) in [6.07, 6.45) is 2.44. The summed E-state index contributed by atoms with van der Waals surface area (Å²) in [7, 11) is -1.73. The van der Waals surface area contributed by atoms with Crippen molar-refractivity contribution in [1.29, 1.82) is 0 Å². The van der Waals surface area contributed by atoms with Crippen LogP contribution in [-0.4, -0.2) is 28.0 Å². The molecule has 0 atom stereocenters. The Bertz CT molecular complexity index is 454. The zero-order valence-corrected chi connectivity index (χ0v) is 9.28. The van der Waals surface area contributed by atoms with Gasteiger partial charge in [-0.15, -0.1) is 0 Å². The molecule has 15 heavy (non-hydrogen) atoms. The Morgan fingerprint density at radius 2 is 2.20 bits per heavy atom. The van der Waals surface area contributed by atoms with Crippen molar-refractivity contribution in [3.63, 3.8) is 0 Å². The molecule has 5 nitrogen and oxygen atoms in total.